The van der Waals surface area contributed by atoms with Crippen molar-refractivity contribution in [3.8, 4) is 0 Å². The maximum atomic E-state index is 12.4. The molecule has 1 heterocycles. The number of carbonyl (C=O) groups excluding carboxylic acids is 1. The molecule has 1 N–H and O–H groups in total. The topological polar surface area (TPSA) is 40.5 Å². The van der Waals surface area contributed by atoms with Crippen molar-refractivity contribution in [2.75, 3.05) is 0 Å². The molecule has 1 saturated heterocycles. The number of benzene rings is 1. The van der Waals surface area contributed by atoms with Crippen LogP contribution < -0.4 is 0 Å². The Hall–Kier alpha value is -1.45. The molecule has 1 aliphatic heterocycles. The second kappa shape index (κ2) is 4.04. The first-order chi connectivity index (χ1) is 8.28. The van der Waals surface area contributed by atoms with E-state index in [9.17, 15) is 10.0 Å². The largest absolute Gasteiger partial charge is 0.312 e. The van der Waals surface area contributed by atoms with Crippen LogP contribution in [0.1, 0.15) is 33.3 Å². The van der Waals surface area contributed by atoms with Crippen LogP contribution in [-0.4, -0.2) is 27.1 Å². The molecule has 1 fully saturated rings. The van der Waals surface area contributed by atoms with Crippen LogP contribution >= 0.6 is 0 Å². The van der Waals surface area contributed by atoms with E-state index >= 15 is 0 Å². The van der Waals surface area contributed by atoms with Gasteiger partial charge in [-0.25, -0.2) is 0 Å². The van der Waals surface area contributed by atoms with Crippen LogP contribution in [0.4, 0.5) is 0 Å². The molecule has 1 aliphatic rings. The third-order valence-corrected chi connectivity index (χ3v) is 3.63. The zero-order valence-corrected chi connectivity index (χ0v) is 11.3. The maximum Gasteiger partial charge on any atom is 0.182 e. The van der Waals surface area contributed by atoms with E-state index in [0.29, 0.717) is 5.57 Å². The lowest BCUT2D eigenvalue weighted by Gasteiger charge is -2.32. The highest BCUT2D eigenvalue weighted by Crippen LogP contribution is 2.41. The van der Waals surface area contributed by atoms with Gasteiger partial charge in [-0.1, -0.05) is 30.3 Å². The first-order valence-electron chi connectivity index (χ1n) is 6.09. The fraction of sp³-hybridized carbons (Fsp3) is 0.400. The van der Waals surface area contributed by atoms with E-state index in [0.717, 1.165) is 10.6 Å². The Balaban J connectivity index is 2.51. The highest BCUT2D eigenvalue weighted by atomic mass is 16.5. The van der Waals surface area contributed by atoms with Crippen LogP contribution in [0, 0.1) is 0 Å². The van der Waals surface area contributed by atoms with Crippen molar-refractivity contribution in [3.63, 3.8) is 0 Å². The number of rotatable bonds is 1. The minimum Gasteiger partial charge on any atom is -0.312 e. The van der Waals surface area contributed by atoms with Crippen LogP contribution in [0.25, 0.3) is 6.08 Å². The molecule has 0 amide bonds. The Morgan fingerprint density at radius 1 is 1.06 bits per heavy atom. The molecule has 0 aliphatic carbocycles. The predicted octanol–water partition coefficient (Wildman–Crippen LogP) is 2.90. The molecule has 0 radical (unpaired) electrons. The zero-order valence-electron chi connectivity index (χ0n) is 11.3. The average Bonchev–Trinajstić information content (AvgIpc) is 2.44. The molecule has 1 aromatic rings. The van der Waals surface area contributed by atoms with Crippen molar-refractivity contribution in [2.24, 2.45) is 0 Å². The standard InChI is InChI=1S/C15H19NO2/c1-14(2)12(10-11-8-6-5-7-9-11)13(17)15(3,4)16(14)18/h5-10,18H,1-4H3. The summed E-state index contributed by atoms with van der Waals surface area (Å²) in [5.41, 5.74) is 0.0711. The second-order valence-electron chi connectivity index (χ2n) is 5.73. The molecule has 96 valence electrons. The van der Waals surface area contributed by atoms with Gasteiger partial charge in [0.2, 0.25) is 0 Å². The smallest absolute Gasteiger partial charge is 0.182 e. The van der Waals surface area contributed by atoms with E-state index in [4.69, 9.17) is 0 Å². The third kappa shape index (κ3) is 1.80. The zero-order chi connectivity index (χ0) is 13.6. The lowest BCUT2D eigenvalue weighted by molar-refractivity contribution is -0.188. The summed E-state index contributed by atoms with van der Waals surface area (Å²) in [6, 6.07) is 9.69. The summed E-state index contributed by atoms with van der Waals surface area (Å²) in [5.74, 6) is -0.0288. The van der Waals surface area contributed by atoms with Crippen molar-refractivity contribution in [3.05, 3.63) is 41.5 Å². The lowest BCUT2D eigenvalue weighted by atomic mass is 9.91. The van der Waals surface area contributed by atoms with Gasteiger partial charge in [0.25, 0.3) is 0 Å². The highest BCUT2D eigenvalue weighted by molar-refractivity contribution is 6.09. The van der Waals surface area contributed by atoms with Gasteiger partial charge in [0.05, 0.1) is 5.54 Å². The van der Waals surface area contributed by atoms with E-state index in [1.807, 2.05) is 50.3 Å². The van der Waals surface area contributed by atoms with Gasteiger partial charge in [-0.2, -0.15) is 5.06 Å². The third-order valence-electron chi connectivity index (χ3n) is 3.63. The quantitative estimate of drug-likeness (QED) is 0.773. The van der Waals surface area contributed by atoms with Gasteiger partial charge in [0.1, 0.15) is 5.54 Å². The summed E-state index contributed by atoms with van der Waals surface area (Å²) >= 11 is 0. The minimum atomic E-state index is -0.871. The number of hydroxylamine groups is 2. The summed E-state index contributed by atoms with van der Waals surface area (Å²) in [7, 11) is 0. The molecule has 0 spiro atoms. The van der Waals surface area contributed by atoms with Crippen molar-refractivity contribution in [1.29, 1.82) is 0 Å². The molecule has 3 heteroatoms. The van der Waals surface area contributed by atoms with Gasteiger partial charge in [-0.15, -0.1) is 0 Å². The van der Waals surface area contributed by atoms with E-state index in [1.165, 1.54) is 0 Å². The van der Waals surface area contributed by atoms with Crippen molar-refractivity contribution in [2.45, 2.75) is 38.8 Å². The molecule has 3 nitrogen and oxygen atoms in total. The summed E-state index contributed by atoms with van der Waals surface area (Å²) in [6.07, 6.45) is 1.86. The number of carbonyl (C=O) groups is 1. The van der Waals surface area contributed by atoms with Gasteiger partial charge in [-0.05, 0) is 39.3 Å². The highest BCUT2D eigenvalue weighted by Gasteiger charge is 2.54. The number of ketones is 1. The molecular weight excluding hydrogens is 226 g/mol. The summed E-state index contributed by atoms with van der Waals surface area (Å²) in [5, 5.41) is 11.3. The predicted molar refractivity (Wildman–Crippen MR) is 71.2 cm³/mol. The maximum absolute atomic E-state index is 12.4. The number of nitrogens with zero attached hydrogens (tertiary/aromatic N) is 1. The molecule has 0 bridgehead atoms. The summed E-state index contributed by atoms with van der Waals surface area (Å²) in [4.78, 5) is 12.4. The molecule has 1 aromatic carbocycles. The normalized spacial score (nSPS) is 24.7. The Labute approximate surface area is 108 Å². The minimum absolute atomic E-state index is 0.0288. The first-order valence-corrected chi connectivity index (χ1v) is 6.09. The first kappa shape index (κ1) is 13.0. The Morgan fingerprint density at radius 3 is 2.06 bits per heavy atom. The van der Waals surface area contributed by atoms with Gasteiger partial charge in [-0.3, -0.25) is 4.79 Å². The average molecular weight is 245 g/mol. The van der Waals surface area contributed by atoms with Crippen molar-refractivity contribution < 1.29 is 10.0 Å². The van der Waals surface area contributed by atoms with Crippen LogP contribution in [0.2, 0.25) is 0 Å². The lowest BCUT2D eigenvalue weighted by Crippen LogP contribution is -2.47. The molecule has 0 aromatic heterocycles. The Kier molecular flexibility index (Phi) is 2.92. The second-order valence-corrected chi connectivity index (χ2v) is 5.73. The number of hydrogen-bond acceptors (Lipinski definition) is 3. The van der Waals surface area contributed by atoms with Crippen LogP contribution in [0.5, 0.6) is 0 Å². The van der Waals surface area contributed by atoms with Crippen LogP contribution in [0.3, 0.4) is 0 Å². The molecule has 0 atom stereocenters. The fourth-order valence-corrected chi connectivity index (χ4v) is 2.47. The Bertz CT molecular complexity index is 500. The fourth-order valence-electron chi connectivity index (χ4n) is 2.47. The van der Waals surface area contributed by atoms with Gasteiger partial charge >= 0.3 is 0 Å². The Morgan fingerprint density at radius 2 is 1.61 bits per heavy atom. The summed E-state index contributed by atoms with van der Waals surface area (Å²) in [6.45, 7) is 7.19. The van der Waals surface area contributed by atoms with Crippen molar-refractivity contribution in [1.82, 2.24) is 5.06 Å². The monoisotopic (exact) mass is 245 g/mol. The van der Waals surface area contributed by atoms with Crippen LogP contribution in [-0.2, 0) is 4.79 Å². The summed E-state index contributed by atoms with van der Waals surface area (Å²) < 4.78 is 0. The molecule has 0 saturated carbocycles. The van der Waals surface area contributed by atoms with E-state index in [1.54, 1.807) is 13.8 Å². The molecule has 0 unspecified atom stereocenters. The van der Waals surface area contributed by atoms with Gasteiger partial charge in [0.15, 0.2) is 5.78 Å². The van der Waals surface area contributed by atoms with Gasteiger partial charge < -0.3 is 5.21 Å². The SMILES string of the molecule is CC1(C)C(=O)C(=Cc2ccccc2)C(C)(C)N1O. The van der Waals surface area contributed by atoms with E-state index < -0.39 is 11.1 Å². The van der Waals surface area contributed by atoms with Crippen LogP contribution in [0.15, 0.2) is 35.9 Å². The number of Topliss-reactive ketones (excluding diaryl/α,β-unsaturated/α-hetero) is 1. The van der Waals surface area contributed by atoms with E-state index in [-0.39, 0.29) is 5.78 Å². The molecule has 18 heavy (non-hydrogen) atoms. The molecule has 2 rings (SSSR count). The number of hydrogen-bond donors (Lipinski definition) is 1. The molecular formula is C15H19NO2. The van der Waals surface area contributed by atoms with Crippen molar-refractivity contribution >= 4 is 11.9 Å². The van der Waals surface area contributed by atoms with E-state index in [2.05, 4.69) is 0 Å². The van der Waals surface area contributed by atoms with Gasteiger partial charge in [0, 0.05) is 5.57 Å².